The summed E-state index contributed by atoms with van der Waals surface area (Å²) in [6.07, 6.45) is 5.51. The van der Waals surface area contributed by atoms with Crippen LogP contribution in [0.5, 0.6) is 0 Å². The zero-order valence-corrected chi connectivity index (χ0v) is 11.9. The van der Waals surface area contributed by atoms with E-state index in [-0.39, 0.29) is 0 Å². The Hall–Kier alpha value is -1.16. The average molecular weight is 297 g/mol. The molecule has 0 aromatic carbocycles. The van der Waals surface area contributed by atoms with Crippen LogP contribution in [0.2, 0.25) is 10.2 Å². The van der Waals surface area contributed by atoms with Crippen molar-refractivity contribution >= 4 is 23.2 Å². The first-order chi connectivity index (χ1) is 9.25. The second-order valence-corrected chi connectivity index (χ2v) is 4.87. The molecule has 2 heterocycles. The molecule has 0 spiro atoms. The fraction of sp³-hybridized carbons (Fsp3) is 0.286. The molecule has 0 N–H and O–H groups in total. The summed E-state index contributed by atoms with van der Waals surface area (Å²) in [7, 11) is 0. The van der Waals surface area contributed by atoms with Gasteiger partial charge in [0.25, 0.3) is 0 Å². The van der Waals surface area contributed by atoms with Gasteiger partial charge in [-0.2, -0.15) is 0 Å². The van der Waals surface area contributed by atoms with Gasteiger partial charge in [-0.1, -0.05) is 23.2 Å². The Morgan fingerprint density at radius 2 is 1.84 bits per heavy atom. The molecular formula is C14H14Cl2N2O. The third kappa shape index (κ3) is 4.78. The van der Waals surface area contributed by atoms with Crippen LogP contribution in [0.3, 0.4) is 0 Å². The SMILES string of the molecule is Clc1ccc(Cl)c(COCCCc2ccncc2)n1. The topological polar surface area (TPSA) is 35.0 Å². The van der Waals surface area contributed by atoms with Crippen LogP contribution in [0.4, 0.5) is 0 Å². The number of rotatable bonds is 6. The monoisotopic (exact) mass is 296 g/mol. The lowest BCUT2D eigenvalue weighted by molar-refractivity contribution is 0.116. The normalized spacial score (nSPS) is 10.6. The van der Waals surface area contributed by atoms with Gasteiger partial charge in [-0.15, -0.1) is 0 Å². The highest BCUT2D eigenvalue weighted by molar-refractivity contribution is 6.32. The van der Waals surface area contributed by atoms with Crippen molar-refractivity contribution in [3.05, 3.63) is 58.1 Å². The Balaban J connectivity index is 1.71. The number of hydrogen-bond donors (Lipinski definition) is 0. The van der Waals surface area contributed by atoms with E-state index in [9.17, 15) is 0 Å². The summed E-state index contributed by atoms with van der Waals surface area (Å²) in [4.78, 5) is 8.11. The van der Waals surface area contributed by atoms with Crippen molar-refractivity contribution in [1.82, 2.24) is 9.97 Å². The second-order valence-electron chi connectivity index (χ2n) is 4.07. The van der Waals surface area contributed by atoms with E-state index >= 15 is 0 Å². The molecule has 5 heteroatoms. The summed E-state index contributed by atoms with van der Waals surface area (Å²) in [5, 5.41) is 1.01. The van der Waals surface area contributed by atoms with E-state index in [0.717, 1.165) is 12.8 Å². The molecule has 100 valence electrons. The van der Waals surface area contributed by atoms with E-state index in [0.29, 0.717) is 29.1 Å². The van der Waals surface area contributed by atoms with Crippen LogP contribution in [0, 0.1) is 0 Å². The zero-order valence-electron chi connectivity index (χ0n) is 10.4. The standard InChI is InChI=1S/C14H14Cl2N2O/c15-12-3-4-14(16)18-13(12)10-19-9-1-2-11-5-7-17-8-6-11/h3-8H,1-2,9-10H2. The summed E-state index contributed by atoms with van der Waals surface area (Å²) >= 11 is 11.8. The Kier molecular flexibility index (Phi) is 5.58. The van der Waals surface area contributed by atoms with Crippen LogP contribution in [0.15, 0.2) is 36.7 Å². The Morgan fingerprint density at radius 1 is 1.05 bits per heavy atom. The van der Waals surface area contributed by atoms with Gasteiger partial charge in [0, 0.05) is 19.0 Å². The average Bonchev–Trinajstić information content (AvgIpc) is 2.43. The van der Waals surface area contributed by atoms with Gasteiger partial charge in [0.1, 0.15) is 5.15 Å². The van der Waals surface area contributed by atoms with Crippen LogP contribution >= 0.6 is 23.2 Å². The molecule has 0 fully saturated rings. The Morgan fingerprint density at radius 3 is 2.63 bits per heavy atom. The predicted molar refractivity (Wildman–Crippen MR) is 76.5 cm³/mol. The fourth-order valence-corrected chi connectivity index (χ4v) is 1.98. The fourth-order valence-electron chi connectivity index (χ4n) is 1.66. The van der Waals surface area contributed by atoms with Crippen LogP contribution in [-0.4, -0.2) is 16.6 Å². The molecule has 2 aromatic heterocycles. The molecule has 0 bridgehead atoms. The zero-order chi connectivity index (χ0) is 13.5. The minimum atomic E-state index is 0.385. The second kappa shape index (κ2) is 7.43. The van der Waals surface area contributed by atoms with E-state index in [1.807, 2.05) is 12.1 Å². The molecular weight excluding hydrogens is 283 g/mol. The van der Waals surface area contributed by atoms with Crippen molar-refractivity contribution in [3.8, 4) is 0 Å². The molecule has 2 aromatic rings. The van der Waals surface area contributed by atoms with Crippen molar-refractivity contribution < 1.29 is 4.74 Å². The molecule has 0 aliphatic heterocycles. The lowest BCUT2D eigenvalue weighted by atomic mass is 10.1. The van der Waals surface area contributed by atoms with Crippen molar-refractivity contribution in [1.29, 1.82) is 0 Å². The highest BCUT2D eigenvalue weighted by Gasteiger charge is 2.03. The number of aromatic nitrogens is 2. The number of halogens is 2. The van der Waals surface area contributed by atoms with Crippen LogP contribution in [0.1, 0.15) is 17.7 Å². The summed E-state index contributed by atoms with van der Waals surface area (Å²) in [6, 6.07) is 7.41. The van der Waals surface area contributed by atoms with E-state index in [1.54, 1.807) is 24.5 Å². The van der Waals surface area contributed by atoms with E-state index in [1.165, 1.54) is 5.56 Å². The van der Waals surface area contributed by atoms with E-state index < -0.39 is 0 Å². The summed E-state index contributed by atoms with van der Waals surface area (Å²) in [5.74, 6) is 0. The molecule has 0 amide bonds. The Bertz CT molecular complexity index is 520. The summed E-state index contributed by atoms with van der Waals surface area (Å²) < 4.78 is 5.56. The van der Waals surface area contributed by atoms with Crippen molar-refractivity contribution in [2.24, 2.45) is 0 Å². The molecule has 0 atom stereocenters. The van der Waals surface area contributed by atoms with Crippen molar-refractivity contribution in [2.75, 3.05) is 6.61 Å². The third-order valence-corrected chi connectivity index (χ3v) is 3.18. The van der Waals surface area contributed by atoms with Crippen LogP contribution in [-0.2, 0) is 17.8 Å². The number of ether oxygens (including phenoxy) is 1. The first-order valence-electron chi connectivity index (χ1n) is 6.03. The molecule has 0 unspecified atom stereocenters. The smallest absolute Gasteiger partial charge is 0.129 e. The number of aryl methyl sites for hydroxylation is 1. The lowest BCUT2D eigenvalue weighted by Gasteiger charge is -2.06. The van der Waals surface area contributed by atoms with Gasteiger partial charge in [0.15, 0.2) is 0 Å². The van der Waals surface area contributed by atoms with Gasteiger partial charge in [0.2, 0.25) is 0 Å². The molecule has 19 heavy (non-hydrogen) atoms. The molecule has 0 aliphatic rings. The molecule has 3 nitrogen and oxygen atoms in total. The lowest BCUT2D eigenvalue weighted by Crippen LogP contribution is -2.00. The van der Waals surface area contributed by atoms with Gasteiger partial charge in [-0.05, 0) is 42.7 Å². The van der Waals surface area contributed by atoms with Gasteiger partial charge in [-0.3, -0.25) is 4.98 Å². The first kappa shape index (κ1) is 14.3. The number of nitrogens with zero attached hydrogens (tertiary/aromatic N) is 2. The molecule has 0 saturated carbocycles. The molecule has 0 saturated heterocycles. The molecule has 0 aliphatic carbocycles. The maximum Gasteiger partial charge on any atom is 0.129 e. The minimum absolute atomic E-state index is 0.385. The summed E-state index contributed by atoms with van der Waals surface area (Å²) in [6.45, 7) is 1.04. The third-order valence-electron chi connectivity index (χ3n) is 2.63. The van der Waals surface area contributed by atoms with Crippen molar-refractivity contribution in [3.63, 3.8) is 0 Å². The molecule has 0 radical (unpaired) electrons. The van der Waals surface area contributed by atoms with E-state index in [2.05, 4.69) is 9.97 Å². The van der Waals surface area contributed by atoms with Gasteiger partial charge in [0.05, 0.1) is 17.3 Å². The maximum atomic E-state index is 6.00. The van der Waals surface area contributed by atoms with Gasteiger partial charge >= 0.3 is 0 Å². The minimum Gasteiger partial charge on any atom is -0.375 e. The Labute approximate surface area is 122 Å². The van der Waals surface area contributed by atoms with E-state index in [4.69, 9.17) is 27.9 Å². The number of pyridine rings is 2. The highest BCUT2D eigenvalue weighted by atomic mass is 35.5. The van der Waals surface area contributed by atoms with Crippen LogP contribution in [0.25, 0.3) is 0 Å². The largest absolute Gasteiger partial charge is 0.375 e. The highest BCUT2D eigenvalue weighted by Crippen LogP contribution is 2.17. The van der Waals surface area contributed by atoms with Gasteiger partial charge < -0.3 is 4.74 Å². The maximum absolute atomic E-state index is 6.00. The van der Waals surface area contributed by atoms with Gasteiger partial charge in [-0.25, -0.2) is 4.98 Å². The quantitative estimate of drug-likeness (QED) is 0.598. The van der Waals surface area contributed by atoms with Crippen molar-refractivity contribution in [2.45, 2.75) is 19.4 Å². The van der Waals surface area contributed by atoms with Crippen LogP contribution < -0.4 is 0 Å². The molecule has 2 rings (SSSR count). The number of hydrogen-bond acceptors (Lipinski definition) is 3. The summed E-state index contributed by atoms with van der Waals surface area (Å²) in [5.41, 5.74) is 1.94. The first-order valence-corrected chi connectivity index (χ1v) is 6.79. The predicted octanol–water partition coefficient (Wildman–Crippen LogP) is 3.93.